The van der Waals surface area contributed by atoms with E-state index in [9.17, 15) is 29.4 Å². The number of carbonyl (C=O) groups excluding carboxylic acids is 4. The van der Waals surface area contributed by atoms with Gasteiger partial charge in [0.1, 0.15) is 0 Å². The van der Waals surface area contributed by atoms with E-state index in [-0.39, 0.29) is 36.8 Å². The molecule has 4 heterocycles. The maximum atomic E-state index is 13.6. The highest BCUT2D eigenvalue weighted by atomic mass is 16.3. The lowest BCUT2D eigenvalue weighted by atomic mass is 9.90. The van der Waals surface area contributed by atoms with E-state index in [0.29, 0.717) is 86.2 Å². The van der Waals surface area contributed by atoms with Crippen molar-refractivity contribution in [2.45, 2.75) is 51.4 Å². The minimum atomic E-state index is -0.245. The Hall–Kier alpha value is -4.88. The summed E-state index contributed by atoms with van der Waals surface area (Å²) in [6.07, 6.45) is 7.00. The van der Waals surface area contributed by atoms with E-state index in [1.54, 1.807) is 0 Å². The number of benzene rings is 4. The SMILES string of the molecule is O=C1c2cccc3c(N4CCC(CCO)CC4)ccc(c23)C(=O)N1CCCNCCNCCCN1C(=O)c2cccc3c(N4CCC(CCO)CC4)ccc(c23)C1=O. The molecule has 2 saturated heterocycles. The highest BCUT2D eigenvalue weighted by Crippen LogP contribution is 2.39. The first-order valence-electron chi connectivity index (χ1n) is 21.4. The maximum Gasteiger partial charge on any atom is 0.261 e. The van der Waals surface area contributed by atoms with Crippen LogP contribution < -0.4 is 20.4 Å². The molecule has 8 rings (SSSR count). The molecule has 12 heteroatoms. The first-order chi connectivity index (χ1) is 28.4. The molecular formula is C46H56N6O6. The third-order valence-electron chi connectivity index (χ3n) is 12.9. The van der Waals surface area contributed by atoms with Gasteiger partial charge < -0.3 is 30.6 Å². The molecule has 306 valence electrons. The first-order valence-corrected chi connectivity index (χ1v) is 21.4. The van der Waals surface area contributed by atoms with Gasteiger partial charge in [0.2, 0.25) is 0 Å². The molecule has 0 aromatic heterocycles. The molecule has 0 saturated carbocycles. The van der Waals surface area contributed by atoms with Gasteiger partial charge in [-0.3, -0.25) is 29.0 Å². The van der Waals surface area contributed by atoms with Gasteiger partial charge in [0.15, 0.2) is 0 Å². The van der Waals surface area contributed by atoms with Crippen LogP contribution in [-0.4, -0.2) is 122 Å². The molecule has 0 aliphatic carbocycles. The summed E-state index contributed by atoms with van der Waals surface area (Å²) < 4.78 is 0. The van der Waals surface area contributed by atoms with Gasteiger partial charge in [-0.15, -0.1) is 0 Å². The van der Waals surface area contributed by atoms with Gasteiger partial charge in [0.25, 0.3) is 23.6 Å². The average molecular weight is 789 g/mol. The second-order valence-corrected chi connectivity index (χ2v) is 16.3. The van der Waals surface area contributed by atoms with E-state index < -0.39 is 0 Å². The van der Waals surface area contributed by atoms with Crippen molar-refractivity contribution in [2.75, 3.05) is 88.5 Å². The second kappa shape index (κ2) is 17.9. The van der Waals surface area contributed by atoms with E-state index in [1.807, 2.05) is 60.7 Å². The lowest BCUT2D eigenvalue weighted by molar-refractivity contribution is 0.0593. The Morgan fingerprint density at radius 2 is 0.879 bits per heavy atom. The molecule has 4 aliphatic heterocycles. The molecule has 4 aromatic rings. The van der Waals surface area contributed by atoms with Crippen molar-refractivity contribution in [1.82, 2.24) is 20.4 Å². The zero-order valence-corrected chi connectivity index (χ0v) is 33.4. The predicted molar refractivity (Wildman–Crippen MR) is 227 cm³/mol. The molecular weight excluding hydrogens is 733 g/mol. The quantitative estimate of drug-likeness (QED) is 0.0849. The molecule has 4 N–H and O–H groups in total. The Morgan fingerprint density at radius 3 is 1.26 bits per heavy atom. The topological polar surface area (TPSA) is 146 Å². The number of aliphatic hydroxyl groups excluding tert-OH is 2. The summed E-state index contributed by atoms with van der Waals surface area (Å²) in [5.74, 6) is 0.0826. The monoisotopic (exact) mass is 788 g/mol. The van der Waals surface area contributed by atoms with Gasteiger partial charge in [-0.1, -0.05) is 24.3 Å². The number of anilines is 2. The zero-order valence-electron chi connectivity index (χ0n) is 33.4. The average Bonchev–Trinajstić information content (AvgIpc) is 3.25. The van der Waals surface area contributed by atoms with Crippen LogP contribution in [0.15, 0.2) is 60.7 Å². The molecule has 0 unspecified atom stereocenters. The van der Waals surface area contributed by atoms with Crippen LogP contribution in [0.3, 0.4) is 0 Å². The number of nitrogens with zero attached hydrogens (tertiary/aromatic N) is 4. The molecule has 58 heavy (non-hydrogen) atoms. The standard InChI is InChI=1S/C46H56N6O6/c53-29-17-31-13-25-49(26-14-31)39-11-9-37-41-33(39)5-1-7-35(41)43(55)51(45(37)57)23-3-19-47-21-22-48-20-4-24-52-44(56)36-8-2-6-34-40(12-10-38(42(34)36)46(52)58)50-27-15-32(16-28-50)18-30-54/h1-2,5-12,31-32,47-48,53-54H,3-4,13-30H2. The lowest BCUT2D eigenvalue weighted by Gasteiger charge is -2.35. The molecule has 2 fully saturated rings. The Kier molecular flexibility index (Phi) is 12.4. The third kappa shape index (κ3) is 7.82. The maximum absolute atomic E-state index is 13.6. The minimum absolute atomic E-state index is 0.222. The number of aliphatic hydroxyl groups is 2. The van der Waals surface area contributed by atoms with Crippen LogP contribution in [0.5, 0.6) is 0 Å². The first kappa shape index (κ1) is 39.9. The molecule has 12 nitrogen and oxygen atoms in total. The van der Waals surface area contributed by atoms with Gasteiger partial charge in [-0.25, -0.2) is 0 Å². The van der Waals surface area contributed by atoms with Crippen molar-refractivity contribution in [1.29, 1.82) is 0 Å². The summed E-state index contributed by atoms with van der Waals surface area (Å²) >= 11 is 0. The summed E-state index contributed by atoms with van der Waals surface area (Å²) in [6.45, 7) is 7.35. The Labute approximate surface area is 340 Å². The summed E-state index contributed by atoms with van der Waals surface area (Å²) in [5, 5.41) is 28.9. The van der Waals surface area contributed by atoms with E-state index >= 15 is 0 Å². The number of hydrogen-bond donors (Lipinski definition) is 4. The Balaban J connectivity index is 0.771. The highest BCUT2D eigenvalue weighted by Gasteiger charge is 2.35. The van der Waals surface area contributed by atoms with E-state index in [1.165, 1.54) is 9.80 Å². The summed E-state index contributed by atoms with van der Waals surface area (Å²) in [6, 6.07) is 19.3. The van der Waals surface area contributed by atoms with Crippen LogP contribution in [0.25, 0.3) is 21.5 Å². The van der Waals surface area contributed by atoms with E-state index in [0.717, 1.165) is 97.6 Å². The Morgan fingerprint density at radius 1 is 0.500 bits per heavy atom. The number of amides is 4. The molecule has 4 aromatic carbocycles. The normalized spacial score (nSPS) is 17.8. The van der Waals surface area contributed by atoms with E-state index in [2.05, 4.69) is 20.4 Å². The van der Waals surface area contributed by atoms with Crippen molar-refractivity contribution < 1.29 is 29.4 Å². The van der Waals surface area contributed by atoms with Crippen molar-refractivity contribution in [3.63, 3.8) is 0 Å². The highest BCUT2D eigenvalue weighted by molar-refractivity contribution is 6.28. The van der Waals surface area contributed by atoms with Gasteiger partial charge in [0, 0.05) is 121 Å². The fourth-order valence-electron chi connectivity index (χ4n) is 9.66. The molecule has 0 atom stereocenters. The van der Waals surface area contributed by atoms with E-state index in [4.69, 9.17) is 0 Å². The lowest BCUT2D eigenvalue weighted by Crippen LogP contribution is -2.42. The van der Waals surface area contributed by atoms with Crippen LogP contribution in [0.1, 0.15) is 92.8 Å². The molecule has 0 radical (unpaired) electrons. The number of nitrogens with one attached hydrogen (secondary N) is 2. The summed E-state index contributed by atoms with van der Waals surface area (Å²) in [7, 11) is 0. The van der Waals surface area contributed by atoms with Crippen molar-refractivity contribution >= 4 is 56.5 Å². The van der Waals surface area contributed by atoms with Gasteiger partial charge in [0.05, 0.1) is 0 Å². The summed E-state index contributed by atoms with van der Waals surface area (Å²) in [5.41, 5.74) is 4.42. The zero-order chi connectivity index (χ0) is 40.2. The number of piperidine rings is 2. The minimum Gasteiger partial charge on any atom is -0.396 e. The van der Waals surface area contributed by atoms with Gasteiger partial charge in [-0.2, -0.15) is 0 Å². The van der Waals surface area contributed by atoms with Crippen LogP contribution in [0.2, 0.25) is 0 Å². The number of carbonyl (C=O) groups is 4. The predicted octanol–water partition coefficient (Wildman–Crippen LogP) is 5.04. The molecule has 4 aliphatic rings. The largest absolute Gasteiger partial charge is 0.396 e. The van der Waals surface area contributed by atoms with Crippen LogP contribution in [0, 0.1) is 11.8 Å². The molecule has 0 bridgehead atoms. The molecule has 4 amide bonds. The second-order valence-electron chi connectivity index (χ2n) is 16.3. The van der Waals surface area contributed by atoms with Crippen molar-refractivity contribution in [2.24, 2.45) is 11.8 Å². The van der Waals surface area contributed by atoms with Crippen LogP contribution >= 0.6 is 0 Å². The summed E-state index contributed by atoms with van der Waals surface area (Å²) in [4.78, 5) is 62.0. The van der Waals surface area contributed by atoms with Gasteiger partial charge in [-0.05, 0) is 113 Å². The van der Waals surface area contributed by atoms with Crippen LogP contribution in [0.4, 0.5) is 11.4 Å². The van der Waals surface area contributed by atoms with Crippen molar-refractivity contribution in [3.05, 3.63) is 82.9 Å². The van der Waals surface area contributed by atoms with Crippen LogP contribution in [-0.2, 0) is 0 Å². The number of imide groups is 2. The molecule has 0 spiro atoms. The number of hydrogen-bond acceptors (Lipinski definition) is 10. The fourth-order valence-corrected chi connectivity index (χ4v) is 9.66. The third-order valence-corrected chi connectivity index (χ3v) is 12.9. The number of rotatable bonds is 17. The van der Waals surface area contributed by atoms with Crippen molar-refractivity contribution in [3.8, 4) is 0 Å². The Bertz CT molecular complexity index is 1980. The smallest absolute Gasteiger partial charge is 0.261 e. The fraction of sp³-hybridized carbons (Fsp3) is 0.478. The van der Waals surface area contributed by atoms with Gasteiger partial charge >= 0.3 is 0 Å².